The normalized spacial score (nSPS) is 18.3. The average molecular weight is 438 g/mol. The third-order valence-electron chi connectivity index (χ3n) is 5.63. The van der Waals surface area contributed by atoms with Crippen LogP contribution in [0.15, 0.2) is 55.0 Å². The molecule has 1 aliphatic carbocycles. The van der Waals surface area contributed by atoms with E-state index < -0.39 is 17.5 Å². The van der Waals surface area contributed by atoms with Crippen LogP contribution in [0.4, 0.5) is 20.3 Å². The number of amides is 1. The van der Waals surface area contributed by atoms with Crippen molar-refractivity contribution in [3.05, 3.63) is 72.2 Å². The molecule has 1 aromatic carbocycles. The van der Waals surface area contributed by atoms with Crippen LogP contribution < -0.4 is 21.9 Å². The van der Waals surface area contributed by atoms with Gasteiger partial charge in [-0.25, -0.2) is 19.2 Å². The topological polar surface area (TPSA) is 110 Å². The van der Waals surface area contributed by atoms with Crippen LogP contribution in [0.3, 0.4) is 0 Å². The molecule has 0 aliphatic heterocycles. The highest BCUT2D eigenvalue weighted by molar-refractivity contribution is 5.92. The number of nitrogens with one attached hydrogen (secondary N) is 1. The summed E-state index contributed by atoms with van der Waals surface area (Å²) in [6, 6.07) is 8.41. The van der Waals surface area contributed by atoms with Crippen molar-refractivity contribution in [1.29, 1.82) is 0 Å². The van der Waals surface area contributed by atoms with Crippen LogP contribution in [0.1, 0.15) is 36.0 Å². The van der Waals surface area contributed by atoms with Crippen molar-refractivity contribution in [1.82, 2.24) is 15.4 Å². The predicted octanol–water partition coefficient (Wildman–Crippen LogP) is 3.43. The molecule has 9 heteroatoms. The van der Waals surface area contributed by atoms with E-state index in [0.717, 1.165) is 25.7 Å². The van der Waals surface area contributed by atoms with Crippen molar-refractivity contribution < 1.29 is 13.6 Å². The van der Waals surface area contributed by atoms with E-state index in [4.69, 9.17) is 11.5 Å². The molecule has 7 nitrogen and oxygen atoms in total. The van der Waals surface area contributed by atoms with Crippen LogP contribution >= 0.6 is 0 Å². The summed E-state index contributed by atoms with van der Waals surface area (Å²) in [4.78, 5) is 19.9. The fourth-order valence-corrected chi connectivity index (χ4v) is 3.83. The molecule has 1 amide bonds. The lowest BCUT2D eigenvalue weighted by molar-refractivity contribution is 0.1000. The van der Waals surface area contributed by atoms with Crippen LogP contribution in [-0.4, -0.2) is 28.0 Å². The molecule has 2 aromatic heterocycles. The number of nitrogens with zero attached hydrogens (tertiary/aromatic N) is 3. The van der Waals surface area contributed by atoms with Gasteiger partial charge in [0.25, 0.3) is 0 Å². The first kappa shape index (κ1) is 21.8. The third kappa shape index (κ3) is 4.58. The summed E-state index contributed by atoms with van der Waals surface area (Å²) in [5.74, 6) is -1.22. The van der Waals surface area contributed by atoms with Gasteiger partial charge in [-0.1, -0.05) is 25.0 Å². The number of benzene rings is 1. The van der Waals surface area contributed by atoms with Crippen LogP contribution in [0.5, 0.6) is 0 Å². The molecule has 166 valence electrons. The lowest BCUT2D eigenvalue weighted by atomic mass is 9.91. The van der Waals surface area contributed by atoms with E-state index in [1.165, 1.54) is 53.9 Å². The lowest BCUT2D eigenvalue weighted by Gasteiger charge is -2.35. The highest BCUT2D eigenvalue weighted by Crippen LogP contribution is 2.32. The van der Waals surface area contributed by atoms with Gasteiger partial charge in [0.2, 0.25) is 5.91 Å². The van der Waals surface area contributed by atoms with Gasteiger partial charge >= 0.3 is 0 Å². The number of nitrogens with two attached hydrogens (primary N) is 2. The standard InChI is InChI=1S/C23H24F2N6O/c24-16-8-5-14(6-9-16)17-12-28-13-20(22(17)25)31(30-19-4-2-1-3-18(19)26)21-10-7-15(11-29-21)23(27)32/h5-13,18-19,30H,1-4,26H2,(H2,27,32). The summed E-state index contributed by atoms with van der Waals surface area (Å²) >= 11 is 0. The molecular weight excluding hydrogens is 414 g/mol. The Hall–Kier alpha value is -3.43. The fourth-order valence-electron chi connectivity index (χ4n) is 3.83. The molecule has 1 aliphatic rings. The zero-order chi connectivity index (χ0) is 22.7. The second-order valence-electron chi connectivity index (χ2n) is 7.82. The van der Waals surface area contributed by atoms with E-state index in [1.54, 1.807) is 6.07 Å². The Bertz CT molecular complexity index is 1090. The smallest absolute Gasteiger partial charge is 0.250 e. The summed E-state index contributed by atoms with van der Waals surface area (Å²) in [6.45, 7) is 0. The Morgan fingerprint density at radius 2 is 1.78 bits per heavy atom. The van der Waals surface area contributed by atoms with Crippen molar-refractivity contribution in [2.24, 2.45) is 11.5 Å². The molecule has 2 heterocycles. The van der Waals surface area contributed by atoms with Gasteiger partial charge in [0.1, 0.15) is 17.3 Å². The minimum atomic E-state index is -0.607. The van der Waals surface area contributed by atoms with Gasteiger partial charge in [-0.15, -0.1) is 0 Å². The fraction of sp³-hybridized carbons (Fsp3) is 0.261. The minimum Gasteiger partial charge on any atom is -0.366 e. The lowest BCUT2D eigenvalue weighted by Crippen LogP contribution is -2.53. The Balaban J connectivity index is 1.76. The first-order chi connectivity index (χ1) is 15.4. The van der Waals surface area contributed by atoms with Gasteiger partial charge < -0.3 is 11.5 Å². The summed E-state index contributed by atoms with van der Waals surface area (Å²) in [6.07, 6.45) is 7.83. The molecule has 0 bridgehead atoms. The molecule has 1 saturated carbocycles. The predicted molar refractivity (Wildman–Crippen MR) is 118 cm³/mol. The molecule has 1 fully saturated rings. The second kappa shape index (κ2) is 9.37. The van der Waals surface area contributed by atoms with E-state index in [2.05, 4.69) is 15.4 Å². The average Bonchev–Trinajstić information content (AvgIpc) is 2.80. The number of rotatable bonds is 6. The maximum absolute atomic E-state index is 15.7. The monoisotopic (exact) mass is 438 g/mol. The second-order valence-corrected chi connectivity index (χ2v) is 7.82. The molecule has 4 rings (SSSR count). The number of carbonyl (C=O) groups is 1. The first-order valence-electron chi connectivity index (χ1n) is 10.4. The van der Waals surface area contributed by atoms with E-state index in [0.29, 0.717) is 11.4 Å². The molecule has 32 heavy (non-hydrogen) atoms. The van der Waals surface area contributed by atoms with Crippen LogP contribution in [0.2, 0.25) is 0 Å². The number of aromatic nitrogens is 2. The highest BCUT2D eigenvalue weighted by atomic mass is 19.1. The Morgan fingerprint density at radius 1 is 1.03 bits per heavy atom. The quantitative estimate of drug-likeness (QED) is 0.509. The summed E-state index contributed by atoms with van der Waals surface area (Å²) < 4.78 is 29.0. The number of pyridine rings is 2. The maximum Gasteiger partial charge on any atom is 0.250 e. The molecule has 2 unspecified atom stereocenters. The molecular formula is C23H24F2N6O. The number of hydrogen-bond acceptors (Lipinski definition) is 6. The first-order valence-corrected chi connectivity index (χ1v) is 10.4. The summed E-state index contributed by atoms with van der Waals surface area (Å²) in [7, 11) is 0. The third-order valence-corrected chi connectivity index (χ3v) is 5.63. The summed E-state index contributed by atoms with van der Waals surface area (Å²) in [5.41, 5.74) is 16.0. The number of hydrazine groups is 1. The number of hydrogen-bond donors (Lipinski definition) is 3. The largest absolute Gasteiger partial charge is 0.366 e. The summed E-state index contributed by atoms with van der Waals surface area (Å²) in [5, 5.41) is 1.50. The Labute approximate surface area is 184 Å². The van der Waals surface area contributed by atoms with Crippen LogP contribution in [0, 0.1) is 11.6 Å². The van der Waals surface area contributed by atoms with Gasteiger partial charge in [0.15, 0.2) is 5.82 Å². The molecule has 2 atom stereocenters. The zero-order valence-electron chi connectivity index (χ0n) is 17.3. The minimum absolute atomic E-state index is 0.102. The Kier molecular flexibility index (Phi) is 6.38. The zero-order valence-corrected chi connectivity index (χ0v) is 17.3. The Morgan fingerprint density at radius 3 is 2.44 bits per heavy atom. The van der Waals surface area contributed by atoms with Crippen molar-refractivity contribution in [3.63, 3.8) is 0 Å². The van der Waals surface area contributed by atoms with Crippen molar-refractivity contribution in [2.75, 3.05) is 5.01 Å². The number of primary amides is 1. The van der Waals surface area contributed by atoms with Gasteiger partial charge in [-0.2, -0.15) is 0 Å². The number of anilines is 2. The molecule has 0 spiro atoms. The highest BCUT2D eigenvalue weighted by Gasteiger charge is 2.27. The number of carbonyl (C=O) groups excluding carboxylic acids is 1. The van der Waals surface area contributed by atoms with E-state index in [-0.39, 0.29) is 28.9 Å². The van der Waals surface area contributed by atoms with Crippen molar-refractivity contribution in [2.45, 2.75) is 37.8 Å². The van der Waals surface area contributed by atoms with Crippen molar-refractivity contribution >= 4 is 17.4 Å². The SMILES string of the molecule is NC(=O)c1ccc(N(NC2CCCCC2N)c2cncc(-c3ccc(F)cc3)c2F)nc1. The van der Waals surface area contributed by atoms with Crippen LogP contribution in [-0.2, 0) is 0 Å². The molecule has 5 N–H and O–H groups in total. The maximum atomic E-state index is 15.7. The number of halogens is 2. The van der Waals surface area contributed by atoms with Gasteiger partial charge in [0.05, 0.1) is 11.8 Å². The van der Waals surface area contributed by atoms with Gasteiger partial charge in [-0.3, -0.25) is 14.8 Å². The van der Waals surface area contributed by atoms with Gasteiger partial charge in [-0.05, 0) is 42.7 Å². The van der Waals surface area contributed by atoms with Crippen molar-refractivity contribution in [3.8, 4) is 11.1 Å². The van der Waals surface area contributed by atoms with E-state index in [1.807, 2.05) is 0 Å². The van der Waals surface area contributed by atoms with Crippen LogP contribution in [0.25, 0.3) is 11.1 Å². The molecule has 0 radical (unpaired) electrons. The van der Waals surface area contributed by atoms with Gasteiger partial charge in [0, 0.05) is 30.0 Å². The molecule has 0 saturated heterocycles. The molecule has 3 aromatic rings. The van der Waals surface area contributed by atoms with E-state index in [9.17, 15) is 9.18 Å². The van der Waals surface area contributed by atoms with E-state index >= 15 is 4.39 Å².